The lowest BCUT2D eigenvalue weighted by Gasteiger charge is -2.13. The monoisotopic (exact) mass is 177 g/mol. The summed E-state index contributed by atoms with van der Waals surface area (Å²) in [7, 11) is 3.67. The third-order valence-corrected chi connectivity index (χ3v) is 1.79. The van der Waals surface area contributed by atoms with Crippen LogP contribution in [0.25, 0.3) is 6.08 Å². The summed E-state index contributed by atoms with van der Waals surface area (Å²) < 4.78 is 0. The fourth-order valence-corrected chi connectivity index (χ4v) is 0.933. The van der Waals surface area contributed by atoms with E-state index in [-0.39, 0.29) is 0 Å². The molecule has 0 saturated heterocycles. The Labute approximate surface area is 79.1 Å². The van der Waals surface area contributed by atoms with E-state index >= 15 is 0 Å². The molecule has 0 heterocycles. The number of likely N-dealkylation sites (N-methyl/N-ethyl adjacent to an activating group) is 1. The molecule has 0 radical (unpaired) electrons. The van der Waals surface area contributed by atoms with Gasteiger partial charge in [-0.15, -0.1) is 0 Å². The van der Waals surface area contributed by atoms with Gasteiger partial charge in [-0.05, 0) is 25.7 Å². The summed E-state index contributed by atoms with van der Waals surface area (Å²) in [6.07, 6.45) is 3.15. The molecule has 0 bridgehead atoms. The number of hydrogen-bond donors (Lipinski definition) is 1. The number of benzene rings is 1. The molecule has 0 saturated carbocycles. The van der Waals surface area contributed by atoms with Gasteiger partial charge in [0.1, 0.15) is 6.23 Å². The molecule has 1 rings (SSSR count). The second-order valence-electron chi connectivity index (χ2n) is 3.15. The van der Waals surface area contributed by atoms with Gasteiger partial charge in [-0.3, -0.25) is 4.90 Å². The molecule has 1 aromatic carbocycles. The van der Waals surface area contributed by atoms with Crippen molar-refractivity contribution >= 4 is 6.08 Å². The minimum absolute atomic E-state index is 0.514. The Morgan fingerprint density at radius 3 is 2.38 bits per heavy atom. The van der Waals surface area contributed by atoms with Crippen molar-refractivity contribution in [1.29, 1.82) is 0 Å². The normalized spacial score (nSPS) is 13.8. The van der Waals surface area contributed by atoms with Crippen LogP contribution >= 0.6 is 0 Å². The van der Waals surface area contributed by atoms with Crippen LogP contribution in [0.5, 0.6) is 0 Å². The summed E-state index contributed by atoms with van der Waals surface area (Å²) in [6.45, 7) is 0. The van der Waals surface area contributed by atoms with E-state index in [0.29, 0.717) is 0 Å². The van der Waals surface area contributed by atoms with Crippen LogP contribution in [0.2, 0.25) is 0 Å². The second-order valence-corrected chi connectivity index (χ2v) is 3.15. The molecule has 70 valence electrons. The predicted octanol–water partition coefficient (Wildman–Crippen LogP) is 1.58. The van der Waals surface area contributed by atoms with Gasteiger partial charge in [0, 0.05) is 0 Å². The average molecular weight is 177 g/mol. The minimum atomic E-state index is -0.514. The smallest absolute Gasteiger partial charge is 0.126 e. The van der Waals surface area contributed by atoms with E-state index in [1.807, 2.05) is 50.5 Å². The van der Waals surface area contributed by atoms with Gasteiger partial charge >= 0.3 is 0 Å². The third kappa shape index (κ3) is 3.40. The number of aliphatic hydroxyl groups is 1. The zero-order chi connectivity index (χ0) is 9.68. The highest BCUT2D eigenvalue weighted by Crippen LogP contribution is 2.02. The van der Waals surface area contributed by atoms with E-state index < -0.39 is 6.23 Å². The maximum absolute atomic E-state index is 9.43. The molecule has 0 aromatic heterocycles. The van der Waals surface area contributed by atoms with Crippen LogP contribution in [0.4, 0.5) is 0 Å². The number of rotatable bonds is 3. The molecule has 0 fully saturated rings. The van der Waals surface area contributed by atoms with Gasteiger partial charge in [0.05, 0.1) is 0 Å². The summed E-state index contributed by atoms with van der Waals surface area (Å²) in [5.74, 6) is 0. The van der Waals surface area contributed by atoms with Crippen molar-refractivity contribution in [3.8, 4) is 0 Å². The minimum Gasteiger partial charge on any atom is -0.375 e. The van der Waals surface area contributed by atoms with E-state index in [9.17, 15) is 5.11 Å². The van der Waals surface area contributed by atoms with Gasteiger partial charge in [-0.2, -0.15) is 0 Å². The molecule has 13 heavy (non-hydrogen) atoms. The molecule has 0 amide bonds. The highest BCUT2D eigenvalue weighted by Gasteiger charge is 1.98. The molecule has 1 unspecified atom stereocenters. The van der Waals surface area contributed by atoms with Gasteiger partial charge in [-0.25, -0.2) is 0 Å². The van der Waals surface area contributed by atoms with Gasteiger partial charge < -0.3 is 5.11 Å². The highest BCUT2D eigenvalue weighted by atomic mass is 16.3. The first-order valence-corrected chi connectivity index (χ1v) is 4.28. The van der Waals surface area contributed by atoms with Crippen LogP contribution in [-0.2, 0) is 0 Å². The molecule has 0 aliphatic rings. The Hall–Kier alpha value is -1.12. The Balaban J connectivity index is 2.59. The predicted molar refractivity (Wildman–Crippen MR) is 55.2 cm³/mol. The molecule has 0 aliphatic heterocycles. The van der Waals surface area contributed by atoms with Crippen molar-refractivity contribution in [1.82, 2.24) is 4.90 Å². The Morgan fingerprint density at radius 1 is 1.23 bits per heavy atom. The quantitative estimate of drug-likeness (QED) is 0.708. The van der Waals surface area contributed by atoms with Crippen molar-refractivity contribution in [2.24, 2.45) is 0 Å². The van der Waals surface area contributed by atoms with Crippen LogP contribution in [0.1, 0.15) is 5.56 Å². The summed E-state index contributed by atoms with van der Waals surface area (Å²) in [4.78, 5) is 1.74. The van der Waals surface area contributed by atoms with Crippen LogP contribution in [-0.4, -0.2) is 30.3 Å². The van der Waals surface area contributed by atoms with Crippen molar-refractivity contribution in [3.05, 3.63) is 42.0 Å². The average Bonchev–Trinajstić information content (AvgIpc) is 2.15. The summed E-state index contributed by atoms with van der Waals surface area (Å²) in [6, 6.07) is 9.92. The number of hydrogen-bond acceptors (Lipinski definition) is 2. The molecule has 0 spiro atoms. The first-order valence-electron chi connectivity index (χ1n) is 4.28. The molecule has 2 nitrogen and oxygen atoms in total. The number of nitrogens with zero attached hydrogens (tertiary/aromatic N) is 1. The SMILES string of the molecule is CN(C)C(O)C=Cc1ccccc1. The molecule has 0 aliphatic carbocycles. The fourth-order valence-electron chi connectivity index (χ4n) is 0.933. The standard InChI is InChI=1S/C11H15NO/c1-12(2)11(13)9-8-10-6-4-3-5-7-10/h3-9,11,13H,1-2H3. The fraction of sp³-hybridized carbons (Fsp3) is 0.273. The summed E-state index contributed by atoms with van der Waals surface area (Å²) in [5.41, 5.74) is 1.10. The van der Waals surface area contributed by atoms with Crippen LogP contribution in [0, 0.1) is 0 Å². The molecule has 2 heteroatoms. The van der Waals surface area contributed by atoms with Crippen LogP contribution in [0.3, 0.4) is 0 Å². The lowest BCUT2D eigenvalue weighted by molar-refractivity contribution is 0.0843. The van der Waals surface area contributed by atoms with Crippen LogP contribution < -0.4 is 0 Å². The van der Waals surface area contributed by atoms with E-state index in [1.165, 1.54) is 0 Å². The van der Waals surface area contributed by atoms with E-state index in [1.54, 1.807) is 11.0 Å². The van der Waals surface area contributed by atoms with Crippen molar-refractivity contribution in [3.63, 3.8) is 0 Å². The summed E-state index contributed by atoms with van der Waals surface area (Å²) >= 11 is 0. The van der Waals surface area contributed by atoms with E-state index in [2.05, 4.69) is 0 Å². The van der Waals surface area contributed by atoms with Crippen molar-refractivity contribution in [2.45, 2.75) is 6.23 Å². The molecule has 1 atom stereocenters. The zero-order valence-electron chi connectivity index (χ0n) is 8.01. The Morgan fingerprint density at radius 2 is 1.85 bits per heavy atom. The largest absolute Gasteiger partial charge is 0.375 e. The lowest BCUT2D eigenvalue weighted by atomic mass is 10.2. The van der Waals surface area contributed by atoms with E-state index in [4.69, 9.17) is 0 Å². The van der Waals surface area contributed by atoms with Crippen molar-refractivity contribution < 1.29 is 5.11 Å². The first-order chi connectivity index (χ1) is 6.20. The molecule has 1 N–H and O–H groups in total. The number of aliphatic hydroxyl groups excluding tert-OH is 1. The molecule has 1 aromatic rings. The van der Waals surface area contributed by atoms with Crippen molar-refractivity contribution in [2.75, 3.05) is 14.1 Å². The maximum Gasteiger partial charge on any atom is 0.126 e. The Bertz CT molecular complexity index is 267. The van der Waals surface area contributed by atoms with Gasteiger partial charge in [0.25, 0.3) is 0 Å². The second kappa shape index (κ2) is 4.80. The molecular formula is C11H15NO. The summed E-state index contributed by atoms with van der Waals surface area (Å²) in [5, 5.41) is 9.43. The maximum atomic E-state index is 9.43. The zero-order valence-corrected chi connectivity index (χ0v) is 8.01. The Kier molecular flexibility index (Phi) is 3.68. The molecular weight excluding hydrogens is 162 g/mol. The van der Waals surface area contributed by atoms with Crippen LogP contribution in [0.15, 0.2) is 36.4 Å². The van der Waals surface area contributed by atoms with Gasteiger partial charge in [0.2, 0.25) is 0 Å². The highest BCUT2D eigenvalue weighted by molar-refractivity contribution is 5.49. The topological polar surface area (TPSA) is 23.5 Å². The van der Waals surface area contributed by atoms with Gasteiger partial charge in [-0.1, -0.05) is 36.4 Å². The third-order valence-electron chi connectivity index (χ3n) is 1.79. The lowest BCUT2D eigenvalue weighted by Crippen LogP contribution is -2.24. The first kappa shape index (κ1) is 9.96. The van der Waals surface area contributed by atoms with E-state index in [0.717, 1.165) is 5.56 Å². The van der Waals surface area contributed by atoms with Gasteiger partial charge in [0.15, 0.2) is 0 Å².